The summed E-state index contributed by atoms with van der Waals surface area (Å²) in [5.41, 5.74) is 1.85. The van der Waals surface area contributed by atoms with Crippen LogP contribution in [0, 0.1) is 0 Å². The molecule has 4 nitrogen and oxygen atoms in total. The molecule has 0 fully saturated rings. The molecule has 0 unspecified atom stereocenters. The van der Waals surface area contributed by atoms with E-state index in [9.17, 15) is 18.0 Å². The predicted molar refractivity (Wildman–Crippen MR) is 86.0 cm³/mol. The Labute approximate surface area is 141 Å². The molecule has 1 heterocycles. The summed E-state index contributed by atoms with van der Waals surface area (Å²) in [7, 11) is 0. The van der Waals surface area contributed by atoms with Crippen LogP contribution in [-0.2, 0) is 6.54 Å². The van der Waals surface area contributed by atoms with Crippen LogP contribution in [0.2, 0.25) is 0 Å². The quantitative estimate of drug-likeness (QED) is 0.775. The molecular formula is C18H13F3N2O2. The molecule has 0 aliphatic heterocycles. The third kappa shape index (κ3) is 4.26. The van der Waals surface area contributed by atoms with E-state index in [4.69, 9.17) is 0 Å². The van der Waals surface area contributed by atoms with Crippen LogP contribution in [0.15, 0.2) is 60.8 Å². The highest BCUT2D eigenvalue weighted by molar-refractivity contribution is 6.05. The van der Waals surface area contributed by atoms with Gasteiger partial charge in [-0.3, -0.25) is 9.78 Å². The molecule has 0 radical (unpaired) electrons. The van der Waals surface area contributed by atoms with Gasteiger partial charge in [0, 0.05) is 18.1 Å². The number of rotatable bonds is 4. The fourth-order valence-electron chi connectivity index (χ4n) is 2.38. The van der Waals surface area contributed by atoms with Gasteiger partial charge in [0.25, 0.3) is 5.91 Å². The summed E-state index contributed by atoms with van der Waals surface area (Å²) in [5.74, 6) is -0.586. The van der Waals surface area contributed by atoms with Crippen molar-refractivity contribution in [2.75, 3.05) is 0 Å². The van der Waals surface area contributed by atoms with Crippen LogP contribution in [0.1, 0.15) is 15.9 Å². The van der Waals surface area contributed by atoms with Gasteiger partial charge in [-0.25, -0.2) is 0 Å². The van der Waals surface area contributed by atoms with E-state index in [0.29, 0.717) is 16.6 Å². The number of fused-ring (bicyclic) bond motifs is 1. The van der Waals surface area contributed by atoms with E-state index in [1.165, 1.54) is 24.3 Å². The van der Waals surface area contributed by atoms with Crippen molar-refractivity contribution in [3.8, 4) is 5.75 Å². The second-order valence-corrected chi connectivity index (χ2v) is 5.25. The van der Waals surface area contributed by atoms with Gasteiger partial charge in [0.1, 0.15) is 5.75 Å². The molecule has 0 saturated heterocycles. The largest absolute Gasteiger partial charge is 0.573 e. The number of nitrogens with zero attached hydrogens (tertiary/aromatic N) is 1. The van der Waals surface area contributed by atoms with Gasteiger partial charge in [0.05, 0.1) is 11.1 Å². The zero-order valence-corrected chi connectivity index (χ0v) is 12.9. The Kier molecular flexibility index (Phi) is 4.56. The Morgan fingerprint density at radius 1 is 1.04 bits per heavy atom. The molecule has 7 heteroatoms. The van der Waals surface area contributed by atoms with Gasteiger partial charge in [-0.15, -0.1) is 13.2 Å². The normalized spacial score (nSPS) is 11.3. The first kappa shape index (κ1) is 16.8. The number of alkyl halides is 3. The Bertz CT molecular complexity index is 887. The van der Waals surface area contributed by atoms with Crippen molar-refractivity contribution in [3.63, 3.8) is 0 Å². The molecule has 0 bridgehead atoms. The van der Waals surface area contributed by atoms with Crippen LogP contribution in [-0.4, -0.2) is 17.3 Å². The summed E-state index contributed by atoms with van der Waals surface area (Å²) in [6, 6.07) is 14.2. The maximum atomic E-state index is 12.4. The van der Waals surface area contributed by atoms with Gasteiger partial charge < -0.3 is 10.1 Å². The molecule has 0 saturated carbocycles. The summed E-state index contributed by atoms with van der Waals surface area (Å²) in [6.07, 6.45) is -3.17. The van der Waals surface area contributed by atoms with Crippen LogP contribution in [0.3, 0.4) is 0 Å². The highest BCUT2D eigenvalue weighted by Gasteiger charge is 2.30. The van der Waals surface area contributed by atoms with Gasteiger partial charge in [-0.05, 0) is 29.8 Å². The predicted octanol–water partition coefficient (Wildman–Crippen LogP) is 4.06. The lowest BCUT2D eigenvalue weighted by molar-refractivity contribution is -0.274. The van der Waals surface area contributed by atoms with Crippen molar-refractivity contribution in [3.05, 3.63) is 71.9 Å². The topological polar surface area (TPSA) is 51.2 Å². The molecule has 1 amide bonds. The first-order chi connectivity index (χ1) is 11.9. The molecular weight excluding hydrogens is 333 g/mol. The van der Waals surface area contributed by atoms with Crippen LogP contribution >= 0.6 is 0 Å². The number of para-hydroxylation sites is 1. The smallest absolute Gasteiger partial charge is 0.406 e. The van der Waals surface area contributed by atoms with Gasteiger partial charge in [-0.1, -0.05) is 30.3 Å². The summed E-state index contributed by atoms with van der Waals surface area (Å²) in [5, 5.41) is 3.48. The minimum atomic E-state index is -4.72. The van der Waals surface area contributed by atoms with Crippen LogP contribution in [0.25, 0.3) is 10.9 Å². The average molecular weight is 346 g/mol. The Balaban J connectivity index is 1.68. The molecule has 25 heavy (non-hydrogen) atoms. The Morgan fingerprint density at radius 2 is 1.76 bits per heavy atom. The van der Waals surface area contributed by atoms with Gasteiger partial charge in [0.2, 0.25) is 0 Å². The van der Waals surface area contributed by atoms with E-state index in [1.54, 1.807) is 18.3 Å². The SMILES string of the molecule is O=C(NCc1ccc(OC(F)(F)F)cc1)c1ccnc2ccccc12. The number of pyridine rings is 1. The molecule has 0 atom stereocenters. The first-order valence-corrected chi connectivity index (χ1v) is 7.39. The third-order valence-corrected chi connectivity index (χ3v) is 3.50. The van der Waals surface area contributed by atoms with E-state index >= 15 is 0 Å². The van der Waals surface area contributed by atoms with Gasteiger partial charge in [-0.2, -0.15) is 0 Å². The fraction of sp³-hybridized carbons (Fsp3) is 0.111. The zero-order chi connectivity index (χ0) is 17.9. The second-order valence-electron chi connectivity index (χ2n) is 5.25. The standard InChI is InChI=1S/C18H13F3N2O2/c19-18(20,21)25-13-7-5-12(6-8-13)11-23-17(24)15-9-10-22-16-4-2-1-3-14(15)16/h1-10H,11H2,(H,23,24). The monoisotopic (exact) mass is 346 g/mol. The van der Waals surface area contributed by atoms with E-state index in [2.05, 4.69) is 15.0 Å². The van der Waals surface area contributed by atoms with Crippen LogP contribution < -0.4 is 10.1 Å². The van der Waals surface area contributed by atoms with Gasteiger partial charge in [0.15, 0.2) is 0 Å². The van der Waals surface area contributed by atoms with Gasteiger partial charge >= 0.3 is 6.36 Å². The number of aromatic nitrogens is 1. The minimum Gasteiger partial charge on any atom is -0.406 e. The summed E-state index contributed by atoms with van der Waals surface area (Å²) < 4.78 is 40.2. The maximum Gasteiger partial charge on any atom is 0.573 e. The first-order valence-electron chi connectivity index (χ1n) is 7.39. The number of hydrogen-bond acceptors (Lipinski definition) is 3. The number of halogens is 3. The van der Waals surface area contributed by atoms with Crippen molar-refractivity contribution in [2.45, 2.75) is 12.9 Å². The van der Waals surface area contributed by atoms with Crippen molar-refractivity contribution in [1.82, 2.24) is 10.3 Å². The fourth-order valence-corrected chi connectivity index (χ4v) is 2.38. The van der Waals surface area contributed by atoms with E-state index in [-0.39, 0.29) is 18.2 Å². The number of ether oxygens (including phenoxy) is 1. The zero-order valence-electron chi connectivity index (χ0n) is 12.9. The van der Waals surface area contributed by atoms with E-state index < -0.39 is 6.36 Å². The average Bonchev–Trinajstić information content (AvgIpc) is 2.59. The van der Waals surface area contributed by atoms with Crippen molar-refractivity contribution >= 4 is 16.8 Å². The summed E-state index contributed by atoms with van der Waals surface area (Å²) in [6.45, 7) is 0.182. The number of amides is 1. The van der Waals surface area contributed by atoms with Crippen LogP contribution in [0.4, 0.5) is 13.2 Å². The third-order valence-electron chi connectivity index (χ3n) is 3.50. The molecule has 0 aliphatic rings. The minimum absolute atomic E-state index is 0.182. The molecule has 3 aromatic rings. The number of carbonyl (C=O) groups excluding carboxylic acids is 1. The number of carbonyl (C=O) groups is 1. The summed E-state index contributed by atoms with van der Waals surface area (Å²) in [4.78, 5) is 16.6. The lowest BCUT2D eigenvalue weighted by atomic mass is 10.1. The van der Waals surface area contributed by atoms with E-state index in [0.717, 1.165) is 5.39 Å². The van der Waals surface area contributed by atoms with Crippen LogP contribution in [0.5, 0.6) is 5.75 Å². The lowest BCUT2D eigenvalue weighted by Gasteiger charge is -2.10. The number of benzene rings is 2. The number of hydrogen-bond donors (Lipinski definition) is 1. The highest BCUT2D eigenvalue weighted by Crippen LogP contribution is 2.22. The second kappa shape index (κ2) is 6.80. The molecule has 0 aliphatic carbocycles. The molecule has 1 N–H and O–H groups in total. The lowest BCUT2D eigenvalue weighted by Crippen LogP contribution is -2.23. The molecule has 1 aromatic heterocycles. The molecule has 2 aromatic carbocycles. The Hall–Kier alpha value is -3.09. The summed E-state index contributed by atoms with van der Waals surface area (Å²) >= 11 is 0. The molecule has 3 rings (SSSR count). The number of nitrogens with one attached hydrogen (secondary N) is 1. The highest BCUT2D eigenvalue weighted by atomic mass is 19.4. The van der Waals surface area contributed by atoms with Crippen molar-refractivity contribution < 1.29 is 22.7 Å². The van der Waals surface area contributed by atoms with Crippen molar-refractivity contribution in [2.24, 2.45) is 0 Å². The van der Waals surface area contributed by atoms with Crippen molar-refractivity contribution in [1.29, 1.82) is 0 Å². The maximum absolute atomic E-state index is 12.4. The molecule has 128 valence electrons. The Morgan fingerprint density at radius 3 is 2.48 bits per heavy atom. The molecule has 0 spiro atoms. The van der Waals surface area contributed by atoms with E-state index in [1.807, 2.05) is 18.2 Å².